The zero-order chi connectivity index (χ0) is 24.2. The summed E-state index contributed by atoms with van der Waals surface area (Å²) in [7, 11) is 1.71. The molecule has 3 aromatic heterocycles. The number of ether oxygens (including phenoxy) is 1. The highest BCUT2D eigenvalue weighted by molar-refractivity contribution is 6.05. The van der Waals surface area contributed by atoms with E-state index >= 15 is 0 Å². The number of rotatable bonds is 6. The van der Waals surface area contributed by atoms with E-state index in [1.165, 1.54) is 0 Å². The number of carbonyl (C=O) groups excluding carboxylic acids is 1. The molecule has 0 atom stereocenters. The van der Waals surface area contributed by atoms with Crippen LogP contribution in [0.25, 0.3) is 5.65 Å². The number of aryl methyl sites for hydroxylation is 1. The number of fused-ring (bicyclic) bond motifs is 1. The van der Waals surface area contributed by atoms with Crippen molar-refractivity contribution in [3.05, 3.63) is 77.7 Å². The van der Waals surface area contributed by atoms with Crippen LogP contribution in [-0.2, 0) is 4.74 Å². The lowest BCUT2D eigenvalue weighted by atomic mass is 10.2. The van der Waals surface area contributed by atoms with Gasteiger partial charge < -0.3 is 14.5 Å². The fourth-order valence-corrected chi connectivity index (χ4v) is 3.92. The summed E-state index contributed by atoms with van der Waals surface area (Å²) in [6, 6.07) is 15.2. The highest BCUT2D eigenvalue weighted by atomic mass is 16.5. The molecular formula is C25H26N8O2. The van der Waals surface area contributed by atoms with Gasteiger partial charge in [0.05, 0.1) is 19.4 Å². The first kappa shape index (κ1) is 22.5. The monoisotopic (exact) mass is 470 g/mol. The number of pyridine rings is 1. The maximum atomic E-state index is 13.2. The van der Waals surface area contributed by atoms with Gasteiger partial charge in [-0.3, -0.25) is 15.2 Å². The molecule has 1 N–H and O–H groups in total. The fraction of sp³-hybridized carbons (Fsp3) is 0.240. The minimum atomic E-state index is -0.235. The average Bonchev–Trinajstić information content (AvgIpc) is 3.33. The molecule has 0 bridgehead atoms. The van der Waals surface area contributed by atoms with Crippen LogP contribution in [0, 0.1) is 6.92 Å². The van der Waals surface area contributed by atoms with Crippen molar-refractivity contribution in [3.63, 3.8) is 0 Å². The summed E-state index contributed by atoms with van der Waals surface area (Å²) in [6.45, 7) is 4.71. The van der Waals surface area contributed by atoms with Crippen molar-refractivity contribution in [2.45, 2.75) is 6.92 Å². The van der Waals surface area contributed by atoms with E-state index in [1.54, 1.807) is 53.3 Å². The number of morpholine rings is 1. The number of benzene rings is 1. The first-order valence-electron chi connectivity index (χ1n) is 11.4. The number of nitrogens with zero attached hydrogens (tertiary/aromatic N) is 7. The van der Waals surface area contributed by atoms with E-state index in [2.05, 4.69) is 36.6 Å². The summed E-state index contributed by atoms with van der Waals surface area (Å²) in [5, 5.41) is 8.98. The largest absolute Gasteiger partial charge is 0.378 e. The normalized spacial score (nSPS) is 13.9. The number of aromatic nitrogens is 4. The summed E-state index contributed by atoms with van der Waals surface area (Å²) in [6.07, 6.45) is 5.05. The molecule has 0 unspecified atom stereocenters. The molecule has 4 heterocycles. The van der Waals surface area contributed by atoms with Gasteiger partial charge >= 0.3 is 0 Å². The molecule has 1 aromatic carbocycles. The molecule has 10 heteroatoms. The first-order valence-corrected chi connectivity index (χ1v) is 11.4. The number of hydrazone groups is 1. The summed E-state index contributed by atoms with van der Waals surface area (Å²) in [5.74, 6) is 1.14. The Morgan fingerprint density at radius 3 is 2.71 bits per heavy atom. The van der Waals surface area contributed by atoms with Gasteiger partial charge in [-0.15, -0.1) is 0 Å². The van der Waals surface area contributed by atoms with Crippen LogP contribution in [0.3, 0.4) is 0 Å². The number of amides is 1. The molecule has 4 aromatic rings. The molecular weight excluding hydrogens is 444 g/mol. The maximum absolute atomic E-state index is 13.2. The number of hydrogen-bond acceptors (Lipinski definition) is 8. The Morgan fingerprint density at radius 1 is 1.14 bits per heavy atom. The Balaban J connectivity index is 1.47. The molecule has 1 fully saturated rings. The summed E-state index contributed by atoms with van der Waals surface area (Å²) in [4.78, 5) is 25.6. The fourth-order valence-electron chi connectivity index (χ4n) is 3.92. The molecule has 1 amide bonds. The lowest BCUT2D eigenvalue weighted by Crippen LogP contribution is -2.37. The van der Waals surface area contributed by atoms with Gasteiger partial charge in [-0.25, -0.2) is 4.98 Å². The van der Waals surface area contributed by atoms with E-state index in [1.807, 2.05) is 31.2 Å². The SMILES string of the molecule is Cc1cccc(/C=N/Nc2cc(N3CCOCC3)n3nc(C(=O)N(C)c4ccncc4)cc3n2)c1. The van der Waals surface area contributed by atoms with Crippen LogP contribution in [0.4, 0.5) is 17.3 Å². The van der Waals surface area contributed by atoms with Crippen molar-refractivity contribution in [2.24, 2.45) is 5.10 Å². The van der Waals surface area contributed by atoms with Crippen LogP contribution >= 0.6 is 0 Å². The Morgan fingerprint density at radius 2 is 1.94 bits per heavy atom. The van der Waals surface area contributed by atoms with E-state index in [0.29, 0.717) is 43.5 Å². The third-order valence-corrected chi connectivity index (χ3v) is 5.75. The second kappa shape index (κ2) is 9.90. The van der Waals surface area contributed by atoms with E-state index in [0.717, 1.165) is 22.6 Å². The van der Waals surface area contributed by atoms with E-state index < -0.39 is 0 Å². The Labute approximate surface area is 202 Å². The predicted octanol–water partition coefficient (Wildman–Crippen LogP) is 2.99. The van der Waals surface area contributed by atoms with E-state index in [-0.39, 0.29) is 5.91 Å². The number of anilines is 3. The van der Waals surface area contributed by atoms with E-state index in [9.17, 15) is 4.79 Å². The van der Waals surface area contributed by atoms with Crippen LogP contribution in [-0.4, -0.2) is 65.1 Å². The molecule has 0 spiro atoms. The van der Waals surface area contributed by atoms with Crippen molar-refractivity contribution >= 4 is 35.1 Å². The van der Waals surface area contributed by atoms with E-state index in [4.69, 9.17) is 4.74 Å². The summed E-state index contributed by atoms with van der Waals surface area (Å²) in [5.41, 5.74) is 6.76. The highest BCUT2D eigenvalue weighted by Crippen LogP contribution is 2.23. The third-order valence-electron chi connectivity index (χ3n) is 5.75. The van der Waals surface area contributed by atoms with Crippen molar-refractivity contribution < 1.29 is 9.53 Å². The number of carbonyl (C=O) groups is 1. The van der Waals surface area contributed by atoms with Crippen LogP contribution in [0.15, 0.2) is 66.0 Å². The molecule has 5 rings (SSSR count). The van der Waals surface area contributed by atoms with Gasteiger partial charge in [0.2, 0.25) is 0 Å². The third kappa shape index (κ3) is 4.97. The van der Waals surface area contributed by atoms with Gasteiger partial charge in [-0.1, -0.05) is 29.8 Å². The molecule has 0 saturated carbocycles. The zero-order valence-electron chi connectivity index (χ0n) is 19.6. The molecule has 10 nitrogen and oxygen atoms in total. The number of nitrogens with one attached hydrogen (secondary N) is 1. The van der Waals surface area contributed by atoms with Crippen LogP contribution in [0.2, 0.25) is 0 Å². The lowest BCUT2D eigenvalue weighted by molar-refractivity contribution is 0.0988. The minimum Gasteiger partial charge on any atom is -0.378 e. The summed E-state index contributed by atoms with van der Waals surface area (Å²) < 4.78 is 7.22. The highest BCUT2D eigenvalue weighted by Gasteiger charge is 2.22. The molecule has 1 saturated heterocycles. The van der Waals surface area contributed by atoms with Gasteiger partial charge in [-0.05, 0) is 24.6 Å². The minimum absolute atomic E-state index is 0.235. The molecule has 35 heavy (non-hydrogen) atoms. The smallest absolute Gasteiger partial charge is 0.278 e. The van der Waals surface area contributed by atoms with Crippen molar-refractivity contribution in [2.75, 3.05) is 48.6 Å². The Bertz CT molecular complexity index is 1360. The van der Waals surface area contributed by atoms with Gasteiger partial charge in [0.1, 0.15) is 5.82 Å². The Hall–Kier alpha value is -4.31. The van der Waals surface area contributed by atoms with Crippen molar-refractivity contribution in [1.82, 2.24) is 19.6 Å². The lowest BCUT2D eigenvalue weighted by Gasteiger charge is -2.29. The van der Waals surface area contributed by atoms with Crippen LogP contribution in [0.5, 0.6) is 0 Å². The Kier molecular flexibility index (Phi) is 6.36. The van der Waals surface area contributed by atoms with Gasteiger partial charge in [-0.2, -0.15) is 14.7 Å². The molecule has 178 valence electrons. The first-order chi connectivity index (χ1) is 17.1. The second-order valence-corrected chi connectivity index (χ2v) is 8.25. The van der Waals surface area contributed by atoms with Crippen LogP contribution in [0.1, 0.15) is 21.6 Å². The molecule has 0 radical (unpaired) electrons. The average molecular weight is 471 g/mol. The zero-order valence-corrected chi connectivity index (χ0v) is 19.6. The second-order valence-electron chi connectivity index (χ2n) is 8.25. The predicted molar refractivity (Wildman–Crippen MR) is 135 cm³/mol. The maximum Gasteiger partial charge on any atom is 0.278 e. The van der Waals surface area contributed by atoms with Crippen molar-refractivity contribution in [1.29, 1.82) is 0 Å². The van der Waals surface area contributed by atoms with Crippen molar-refractivity contribution in [3.8, 4) is 0 Å². The molecule has 1 aliphatic heterocycles. The van der Waals surface area contributed by atoms with Crippen LogP contribution < -0.4 is 15.2 Å². The topological polar surface area (TPSA) is 100 Å². The van der Waals surface area contributed by atoms with Gasteiger partial charge in [0.15, 0.2) is 17.2 Å². The van der Waals surface area contributed by atoms with Gasteiger partial charge in [0, 0.05) is 50.4 Å². The standard InChI is InChI=1S/C25H26N8O2/c1-18-4-3-5-19(14-18)17-27-29-22-16-24(32-10-12-35-13-11-32)33-23(28-22)15-21(30-33)25(34)31(2)20-6-8-26-9-7-20/h3-9,14-17H,10-13H2,1-2H3,(H,28,29)/b27-17+. The van der Waals surface area contributed by atoms with Gasteiger partial charge in [0.25, 0.3) is 5.91 Å². The summed E-state index contributed by atoms with van der Waals surface area (Å²) >= 11 is 0. The number of hydrogen-bond donors (Lipinski definition) is 1. The molecule has 0 aliphatic carbocycles. The quantitative estimate of drug-likeness (QED) is 0.342. The molecule has 1 aliphatic rings.